The average molecular weight is 1230 g/mol. The number of hydrogen-bond donors (Lipinski definition) is 6. The van der Waals surface area contributed by atoms with Crippen molar-refractivity contribution in [1.29, 1.82) is 0 Å². The molecule has 13 atom stereocenters. The molecule has 0 unspecified atom stereocenters. The standard InChI is InChI=1S/C64H114N10O13/c1-25-28-29-41(18)52(75)49-56(78)66-44(26-2)60(82)70(21)43(20)59(81)74(27-3)51(39(14)15)58(80)68-45(30-34(4)5)61(83)71(22)47(32-36(8)9)54(76)65-42(19)64(86)87-53(40(16)17)63(85)72(23)48(33-37(10)11)55(77)67-46(31-35(6)7)62(84)73(24)50(38(12)13)57(79)69-49/h25,28,34-53,75H,26-27,29-33H2,1-24H3,(H,65,76)(H,66,78)(H,67,77)(H,68,80)(H,69,79)/b28-25+/t41-,42-,43+,44-,45-,46-,47-,48-,49-,50-,51-,52-,53-/m0/s1. The number of hydrogen-bond acceptors (Lipinski definition) is 13. The van der Waals surface area contributed by atoms with Crippen molar-refractivity contribution >= 4 is 65.0 Å². The lowest BCUT2D eigenvalue weighted by molar-refractivity contribution is -0.166. The number of nitrogens with one attached hydrogen (secondary N) is 5. The maximum absolute atomic E-state index is 14.9. The van der Waals surface area contributed by atoms with Crippen LogP contribution in [0.1, 0.15) is 177 Å². The summed E-state index contributed by atoms with van der Waals surface area (Å²) < 4.78 is 5.90. The molecule has 1 aliphatic rings. The Hall–Kier alpha value is -6.13. The second-order valence-corrected chi connectivity index (χ2v) is 26.7. The van der Waals surface area contributed by atoms with Gasteiger partial charge >= 0.3 is 5.97 Å². The van der Waals surface area contributed by atoms with Crippen LogP contribution in [0.5, 0.6) is 0 Å². The molecule has 1 heterocycles. The lowest BCUT2D eigenvalue weighted by Gasteiger charge is -2.38. The van der Waals surface area contributed by atoms with E-state index in [9.17, 15) is 57.8 Å². The van der Waals surface area contributed by atoms with Gasteiger partial charge in [-0.15, -0.1) is 0 Å². The fourth-order valence-electron chi connectivity index (χ4n) is 10.9. The van der Waals surface area contributed by atoms with Crippen molar-refractivity contribution in [2.45, 2.75) is 250 Å². The molecule has 6 N–H and O–H groups in total. The third-order valence-corrected chi connectivity index (χ3v) is 16.2. The lowest BCUT2D eigenvalue weighted by Crippen LogP contribution is -2.63. The summed E-state index contributed by atoms with van der Waals surface area (Å²) in [6, 6.07) is -12.8. The number of rotatable bonds is 17. The summed E-state index contributed by atoms with van der Waals surface area (Å²) in [5.41, 5.74) is 0. The highest BCUT2D eigenvalue weighted by molar-refractivity contribution is 5.99. The van der Waals surface area contributed by atoms with Gasteiger partial charge in [0.1, 0.15) is 60.4 Å². The van der Waals surface area contributed by atoms with Crippen molar-refractivity contribution < 1.29 is 62.6 Å². The Kier molecular flexibility index (Phi) is 33.0. The quantitative estimate of drug-likeness (QED) is 0.0870. The lowest BCUT2D eigenvalue weighted by atomic mass is 9.92. The van der Waals surface area contributed by atoms with Gasteiger partial charge in [0.15, 0.2) is 6.10 Å². The van der Waals surface area contributed by atoms with E-state index in [1.54, 1.807) is 81.4 Å². The van der Waals surface area contributed by atoms with Crippen LogP contribution in [0.4, 0.5) is 0 Å². The zero-order valence-electron chi connectivity index (χ0n) is 57.2. The number of ether oxygens (including phenoxy) is 1. The minimum Gasteiger partial charge on any atom is -0.450 e. The molecule has 0 aromatic carbocycles. The second-order valence-electron chi connectivity index (χ2n) is 26.7. The van der Waals surface area contributed by atoms with Crippen LogP contribution in [0.3, 0.4) is 0 Å². The average Bonchev–Trinajstić information content (AvgIpc) is 1.34. The summed E-state index contributed by atoms with van der Waals surface area (Å²) in [5, 5.41) is 25.8. The molecule has 0 spiro atoms. The molecule has 0 saturated carbocycles. The predicted molar refractivity (Wildman–Crippen MR) is 336 cm³/mol. The normalized spacial score (nSPS) is 27.2. The van der Waals surface area contributed by atoms with Crippen molar-refractivity contribution in [2.24, 2.45) is 47.3 Å². The first kappa shape index (κ1) is 78.9. The zero-order chi connectivity index (χ0) is 67.4. The molecule has 1 fully saturated rings. The maximum Gasteiger partial charge on any atom is 0.329 e. The van der Waals surface area contributed by atoms with E-state index in [1.165, 1.54) is 61.6 Å². The van der Waals surface area contributed by atoms with Crippen molar-refractivity contribution in [3.8, 4) is 0 Å². The maximum atomic E-state index is 14.9. The highest BCUT2D eigenvalue weighted by Crippen LogP contribution is 2.24. The number of nitrogens with zero attached hydrogens (tertiary/aromatic N) is 5. The molecular weight excluding hydrogens is 1120 g/mol. The van der Waals surface area contributed by atoms with Crippen LogP contribution < -0.4 is 26.6 Å². The first-order valence-corrected chi connectivity index (χ1v) is 31.6. The Morgan fingerprint density at radius 3 is 1.32 bits per heavy atom. The van der Waals surface area contributed by atoms with E-state index in [2.05, 4.69) is 26.6 Å². The van der Waals surface area contributed by atoms with E-state index >= 15 is 0 Å². The molecule has 498 valence electrons. The largest absolute Gasteiger partial charge is 0.450 e. The molecule has 23 nitrogen and oxygen atoms in total. The first-order valence-electron chi connectivity index (χ1n) is 31.6. The van der Waals surface area contributed by atoms with Gasteiger partial charge in [-0.25, -0.2) is 4.79 Å². The number of allylic oxidation sites excluding steroid dienone is 2. The van der Waals surface area contributed by atoms with Gasteiger partial charge in [-0.2, -0.15) is 0 Å². The summed E-state index contributed by atoms with van der Waals surface area (Å²) in [5.74, 6) is -11.1. The van der Waals surface area contributed by atoms with Crippen LogP contribution in [0.15, 0.2) is 12.2 Å². The molecule has 1 rings (SSSR count). The van der Waals surface area contributed by atoms with Gasteiger partial charge in [0, 0.05) is 34.7 Å². The van der Waals surface area contributed by atoms with Crippen molar-refractivity contribution in [3.63, 3.8) is 0 Å². The highest BCUT2D eigenvalue weighted by Gasteiger charge is 2.44. The van der Waals surface area contributed by atoms with Crippen LogP contribution in [-0.2, 0) is 57.5 Å². The first-order chi connectivity index (χ1) is 40.2. The summed E-state index contributed by atoms with van der Waals surface area (Å²) in [6.07, 6.45) is 1.38. The fourth-order valence-corrected chi connectivity index (χ4v) is 10.9. The molecule has 1 saturated heterocycles. The number of cyclic esters (lactones) is 1. The van der Waals surface area contributed by atoms with Crippen molar-refractivity contribution in [1.82, 2.24) is 51.1 Å². The van der Waals surface area contributed by atoms with Crippen LogP contribution in [-0.4, -0.2) is 202 Å². The number of carbonyl (C=O) groups is 11. The molecule has 0 aliphatic carbocycles. The van der Waals surface area contributed by atoms with Crippen LogP contribution in [0.2, 0.25) is 0 Å². The Labute approximate surface area is 520 Å². The minimum absolute atomic E-state index is 0.00658. The topological polar surface area (TPSA) is 294 Å². The number of aliphatic hydroxyl groups excluding tert-OH is 1. The number of likely N-dealkylation sites (N-methyl/N-ethyl adjacent to an activating group) is 5. The minimum atomic E-state index is -1.68. The van der Waals surface area contributed by atoms with Gasteiger partial charge in [-0.3, -0.25) is 47.9 Å². The number of aliphatic hydroxyl groups is 1. The van der Waals surface area contributed by atoms with E-state index in [4.69, 9.17) is 4.74 Å². The highest BCUT2D eigenvalue weighted by atomic mass is 16.6. The van der Waals surface area contributed by atoms with Crippen molar-refractivity contribution in [2.75, 3.05) is 34.7 Å². The summed E-state index contributed by atoms with van der Waals surface area (Å²) in [6.45, 7) is 34.7. The molecule has 23 heteroatoms. The predicted octanol–water partition coefficient (Wildman–Crippen LogP) is 4.43. The van der Waals surface area contributed by atoms with Crippen LogP contribution >= 0.6 is 0 Å². The van der Waals surface area contributed by atoms with Gasteiger partial charge in [-0.1, -0.05) is 123 Å². The van der Waals surface area contributed by atoms with E-state index in [0.29, 0.717) is 6.42 Å². The molecule has 10 amide bonds. The molecule has 0 aromatic heterocycles. The Balaban J connectivity index is 4.38. The van der Waals surface area contributed by atoms with Gasteiger partial charge in [0.2, 0.25) is 53.2 Å². The summed E-state index contributed by atoms with van der Waals surface area (Å²) in [7, 11) is 5.63. The van der Waals surface area contributed by atoms with Gasteiger partial charge in [0.05, 0.1) is 6.10 Å². The van der Waals surface area contributed by atoms with E-state index in [1.807, 2.05) is 55.4 Å². The molecule has 0 radical (unpaired) electrons. The summed E-state index contributed by atoms with van der Waals surface area (Å²) >= 11 is 0. The Bertz CT molecular complexity index is 2360. The van der Waals surface area contributed by atoms with E-state index < -0.39 is 161 Å². The Morgan fingerprint density at radius 2 is 0.897 bits per heavy atom. The smallest absolute Gasteiger partial charge is 0.329 e. The third-order valence-electron chi connectivity index (χ3n) is 16.2. The molecule has 0 bridgehead atoms. The molecule has 87 heavy (non-hydrogen) atoms. The third kappa shape index (κ3) is 22.8. The molecule has 0 aromatic rings. The molecular formula is C64H114N10O13. The molecule has 1 aliphatic heterocycles. The summed E-state index contributed by atoms with van der Waals surface area (Å²) in [4.78, 5) is 167. The number of esters is 1. The zero-order valence-corrected chi connectivity index (χ0v) is 57.2. The van der Waals surface area contributed by atoms with Gasteiger partial charge in [-0.05, 0) is 114 Å². The van der Waals surface area contributed by atoms with Crippen molar-refractivity contribution in [3.05, 3.63) is 12.2 Å². The number of amides is 10. The van der Waals surface area contributed by atoms with Gasteiger partial charge < -0.3 is 60.9 Å². The monoisotopic (exact) mass is 1230 g/mol. The van der Waals surface area contributed by atoms with E-state index in [0.717, 1.165) is 4.90 Å². The van der Waals surface area contributed by atoms with E-state index in [-0.39, 0.29) is 62.3 Å². The van der Waals surface area contributed by atoms with Gasteiger partial charge in [0.25, 0.3) is 5.91 Å². The van der Waals surface area contributed by atoms with Crippen LogP contribution in [0.25, 0.3) is 0 Å². The fraction of sp³-hybridized carbons (Fsp3) is 0.797. The SMILES string of the molecule is C/C=C/C[C@H](C)[C@H](O)[C@@H]1NC(=O)[C@H](C(C)C)N(C)C(=O)[C@H](CC(C)C)NC(=O)[C@H](CC(C)C)N(C)C(=O)[C@H](C(C)C)OC(=O)[C@H](C)NC(=O)[C@H](CC(C)C)N(C)C(=O)[C@H](CC(C)C)NC(=O)[C@H](C(C)C)N(CC)C(=O)[C@@H](C)N(C)C(=O)[C@H](CC)NC1=O. The Morgan fingerprint density at radius 1 is 0.483 bits per heavy atom. The van der Waals surface area contributed by atoms with Crippen LogP contribution in [0, 0.1) is 47.3 Å². The number of carbonyl (C=O) groups excluding carboxylic acids is 11. The second kappa shape index (κ2) is 36.4.